The summed E-state index contributed by atoms with van der Waals surface area (Å²) < 4.78 is 26.8. The molecule has 0 unspecified atom stereocenters. The molecule has 6 saturated carbocycles. The van der Waals surface area contributed by atoms with Crippen LogP contribution in [0.1, 0.15) is 117 Å². The van der Waals surface area contributed by atoms with Gasteiger partial charge in [-0.2, -0.15) is 9.59 Å². The van der Waals surface area contributed by atoms with Crippen molar-refractivity contribution in [3.8, 4) is 11.3 Å². The fourth-order valence-electron chi connectivity index (χ4n) is 15.4. The first-order valence-electron chi connectivity index (χ1n) is 22.8. The smallest absolute Gasteiger partial charge is 0.267 e. The van der Waals surface area contributed by atoms with Gasteiger partial charge in [-0.05, 0) is 182 Å². The van der Waals surface area contributed by atoms with Crippen LogP contribution >= 0.6 is 11.6 Å². The van der Waals surface area contributed by atoms with E-state index in [1.54, 1.807) is 9.59 Å². The van der Waals surface area contributed by atoms with E-state index in [0.29, 0.717) is 72.8 Å². The van der Waals surface area contributed by atoms with Gasteiger partial charge in [-0.3, -0.25) is 0 Å². The van der Waals surface area contributed by atoms with Crippen molar-refractivity contribution in [3.05, 3.63) is 60.3 Å². The van der Waals surface area contributed by atoms with E-state index in [1.807, 2.05) is 0 Å². The van der Waals surface area contributed by atoms with Gasteiger partial charge >= 0.3 is 0 Å². The van der Waals surface area contributed by atoms with Crippen LogP contribution in [-0.2, 0) is 13.1 Å². The summed E-state index contributed by atoms with van der Waals surface area (Å²) in [6, 6.07) is 0. The van der Waals surface area contributed by atoms with Crippen LogP contribution in [0.15, 0.2) is 60.3 Å². The number of aliphatic hydroxyl groups is 2. The van der Waals surface area contributed by atoms with E-state index in [9.17, 15) is 19.0 Å². The Bertz CT molecular complexity index is 2050. The first kappa shape index (κ1) is 42.1. The van der Waals surface area contributed by atoms with Gasteiger partial charge in [0.25, 0.3) is 6.43 Å². The molecule has 0 aliphatic heterocycles. The van der Waals surface area contributed by atoms with Gasteiger partial charge < -0.3 is 10.2 Å². The number of allylic oxidation sites excluding steroid dienone is 4. The average Bonchev–Trinajstić information content (AvgIpc) is 4.05. The van der Waals surface area contributed by atoms with Gasteiger partial charge in [-0.15, -0.1) is 20.4 Å². The van der Waals surface area contributed by atoms with Crippen molar-refractivity contribution in [1.82, 2.24) is 40.4 Å². The van der Waals surface area contributed by atoms with Gasteiger partial charge in [-0.1, -0.05) is 67.4 Å². The molecule has 0 bridgehead atoms. The van der Waals surface area contributed by atoms with Crippen molar-refractivity contribution in [3.63, 3.8) is 0 Å². The lowest BCUT2D eigenvalue weighted by atomic mass is 9.51. The summed E-state index contributed by atoms with van der Waals surface area (Å²) in [4.78, 5) is 3.28. The molecule has 8 aliphatic carbocycles. The Labute approximate surface area is 358 Å². The molecular formula is C47H63ClF2N8O2. The van der Waals surface area contributed by atoms with Gasteiger partial charge in [0.05, 0.1) is 13.1 Å². The summed E-state index contributed by atoms with van der Waals surface area (Å²) in [6.45, 7) is 15.1. The lowest BCUT2D eigenvalue weighted by Gasteiger charge is -2.54. The number of alkyl halides is 2. The van der Waals surface area contributed by atoms with Crippen LogP contribution in [0.4, 0.5) is 8.78 Å². The molecule has 13 heteroatoms. The molecule has 6 fully saturated rings. The number of hydrogen-bond acceptors (Lipinski definition) is 8. The van der Waals surface area contributed by atoms with Gasteiger partial charge in [0.15, 0.2) is 12.7 Å². The molecule has 0 amide bonds. The van der Waals surface area contributed by atoms with Crippen molar-refractivity contribution in [1.29, 1.82) is 0 Å². The maximum absolute atomic E-state index is 13.4. The molecule has 0 saturated heterocycles. The molecular weight excluding hydrogens is 782 g/mol. The minimum absolute atomic E-state index is 0.158. The number of halogens is 3. The highest BCUT2D eigenvalue weighted by atomic mass is 35.5. The number of nitrogens with zero attached hydrogens (tertiary/aromatic N) is 8. The molecule has 2 N–H and O–H groups in total. The van der Waals surface area contributed by atoms with Crippen LogP contribution in [-0.4, -0.2) is 68.3 Å². The zero-order valence-electron chi connectivity index (χ0n) is 35.4. The third-order valence-corrected chi connectivity index (χ3v) is 18.3. The van der Waals surface area contributed by atoms with Crippen molar-refractivity contribution in [2.75, 3.05) is 0 Å². The fourth-order valence-corrected chi connectivity index (χ4v) is 15.6. The summed E-state index contributed by atoms with van der Waals surface area (Å²) in [5.41, 5.74) is 2.81. The average molecular weight is 846 g/mol. The van der Waals surface area contributed by atoms with E-state index in [-0.39, 0.29) is 18.3 Å². The van der Waals surface area contributed by atoms with Crippen LogP contribution in [0, 0.1) is 81.3 Å². The maximum atomic E-state index is 13.4. The molecule has 2 heterocycles. The Hall–Kier alpha value is -3.27. The standard InChI is InChI=1S/C24H31ClN4O.C23H32F2N4O/c1-16(14-29-27-15-26-28-29)21-5-6-22-20-4-3-17-13-24(30,11-12-25)10-8-18(17)19(20)7-9-23(21,22)2;1-14(12-29-27-13-26-28-29)19-5-6-20-18-4-3-15-11-23(30,21(24)25)10-8-16(15)17(18)7-9-22(19,20)2/h3,15,18-22,30H,1,4-10,13-14H2,2H3;3,13,16-21,30H,1,4-12H2,2H3/t18-,19+,20+,21+,22-,23+,24+;16-,17+,18+,19+,20-,22+,23-/m00/s1. The Kier molecular flexibility index (Phi) is 11.3. The molecule has 0 aromatic carbocycles. The second-order valence-corrected chi connectivity index (χ2v) is 21.0. The molecule has 0 radical (unpaired) electrons. The summed E-state index contributed by atoms with van der Waals surface area (Å²) in [7, 11) is 0. The molecule has 10 rings (SSSR count). The second kappa shape index (κ2) is 16.1. The SMILES string of the molecule is C=C(Cn1ncnn1)[C@H]1CC[C@H]2[C@@H]3CC=C4C[C@](O)(C#CCl)CC[C@@H]4[C@H]3CC[C@]12C.C=C(Cn1ncnn1)[C@H]1CC[C@H]2[C@@H]3CC=C4C[C@](O)(C(F)F)CC[C@@H]4[C@H]3CC[C@]12C. The van der Waals surface area contributed by atoms with Crippen molar-refractivity contribution in [2.45, 2.75) is 147 Å². The van der Waals surface area contributed by atoms with Gasteiger partial charge in [0.2, 0.25) is 0 Å². The predicted octanol–water partition coefficient (Wildman–Crippen LogP) is 8.76. The highest BCUT2D eigenvalue weighted by Gasteiger charge is 2.59. The molecule has 2 aromatic rings. The first-order chi connectivity index (χ1) is 28.7. The first-order valence-corrected chi connectivity index (χ1v) is 23.1. The Morgan fingerprint density at radius 2 is 1.23 bits per heavy atom. The largest absolute Gasteiger partial charge is 0.384 e. The monoisotopic (exact) mass is 844 g/mol. The van der Waals surface area contributed by atoms with Crippen molar-refractivity contribution in [2.24, 2.45) is 70.0 Å². The zero-order chi connectivity index (χ0) is 42.0. The zero-order valence-corrected chi connectivity index (χ0v) is 36.2. The molecule has 324 valence electrons. The van der Waals surface area contributed by atoms with Crippen LogP contribution < -0.4 is 0 Å². The van der Waals surface area contributed by atoms with Crippen LogP contribution in [0.25, 0.3) is 0 Å². The summed E-state index contributed by atoms with van der Waals surface area (Å²) >= 11 is 5.61. The van der Waals surface area contributed by atoms with E-state index in [2.05, 4.69) is 81.3 Å². The lowest BCUT2D eigenvalue weighted by Crippen LogP contribution is -2.49. The lowest BCUT2D eigenvalue weighted by molar-refractivity contribution is -0.119. The maximum Gasteiger partial charge on any atom is 0.267 e. The highest BCUT2D eigenvalue weighted by molar-refractivity contribution is 6.30. The third-order valence-electron chi connectivity index (χ3n) is 18.2. The number of fused-ring (bicyclic) bond motifs is 10. The van der Waals surface area contributed by atoms with Gasteiger partial charge in [0, 0.05) is 18.2 Å². The molecule has 10 nitrogen and oxygen atoms in total. The van der Waals surface area contributed by atoms with E-state index in [1.165, 1.54) is 61.5 Å². The van der Waals surface area contributed by atoms with Crippen molar-refractivity contribution < 1.29 is 19.0 Å². The number of rotatable bonds is 7. The minimum atomic E-state index is -2.66. The predicted molar refractivity (Wildman–Crippen MR) is 225 cm³/mol. The second-order valence-electron chi connectivity index (χ2n) is 20.8. The Morgan fingerprint density at radius 3 is 1.70 bits per heavy atom. The van der Waals surface area contributed by atoms with E-state index in [4.69, 9.17) is 11.6 Å². The minimum Gasteiger partial charge on any atom is -0.384 e. The summed E-state index contributed by atoms with van der Waals surface area (Å²) in [5, 5.41) is 47.5. The molecule has 14 atom stereocenters. The molecule has 0 spiro atoms. The number of aromatic nitrogens is 8. The number of hydrogen-bond donors (Lipinski definition) is 2. The van der Waals surface area contributed by atoms with Crippen LogP contribution in [0.5, 0.6) is 0 Å². The third kappa shape index (κ3) is 7.34. The molecule has 60 heavy (non-hydrogen) atoms. The van der Waals surface area contributed by atoms with Gasteiger partial charge in [-0.25, -0.2) is 8.78 Å². The topological polar surface area (TPSA) is 128 Å². The summed E-state index contributed by atoms with van der Waals surface area (Å²) in [5.74, 6) is 8.96. The summed E-state index contributed by atoms with van der Waals surface area (Å²) in [6.07, 6.45) is 20.4. The molecule has 2 aromatic heterocycles. The van der Waals surface area contributed by atoms with Crippen LogP contribution in [0.2, 0.25) is 0 Å². The van der Waals surface area contributed by atoms with Crippen molar-refractivity contribution >= 4 is 11.6 Å². The van der Waals surface area contributed by atoms with E-state index in [0.717, 1.165) is 68.3 Å². The Balaban J connectivity index is 0.000000154. The number of tetrazole rings is 2. The fraction of sp³-hybridized carbons (Fsp3) is 0.745. The molecule has 8 aliphatic rings. The Morgan fingerprint density at radius 1 is 0.733 bits per heavy atom. The van der Waals surface area contributed by atoms with E-state index >= 15 is 0 Å². The normalized spacial score (nSPS) is 42.6. The van der Waals surface area contributed by atoms with E-state index < -0.39 is 17.6 Å². The quantitative estimate of drug-likeness (QED) is 0.209. The van der Waals surface area contributed by atoms with Gasteiger partial charge in [0.1, 0.15) is 11.2 Å². The van der Waals surface area contributed by atoms with Crippen LogP contribution in [0.3, 0.4) is 0 Å². The highest BCUT2D eigenvalue weighted by Crippen LogP contribution is 2.66.